The normalized spacial score (nSPS) is 17.9. The Morgan fingerprint density at radius 1 is 1.27 bits per heavy atom. The maximum absolute atomic E-state index is 12.4. The van der Waals surface area contributed by atoms with Crippen molar-refractivity contribution in [2.45, 2.75) is 51.6 Å². The summed E-state index contributed by atoms with van der Waals surface area (Å²) >= 11 is 6.12. The Kier molecular flexibility index (Phi) is 9.34. The minimum absolute atomic E-state index is 0.0161. The summed E-state index contributed by atoms with van der Waals surface area (Å²) in [6, 6.07) is 9.37. The molecule has 1 fully saturated rings. The highest BCUT2D eigenvalue weighted by molar-refractivity contribution is 6.31. The summed E-state index contributed by atoms with van der Waals surface area (Å²) in [6.07, 6.45) is 3.32. The van der Waals surface area contributed by atoms with Gasteiger partial charge in [-0.3, -0.25) is 14.4 Å². The van der Waals surface area contributed by atoms with Gasteiger partial charge >= 0.3 is 0 Å². The Labute approximate surface area is 180 Å². The Morgan fingerprint density at radius 3 is 2.53 bits per heavy atom. The second kappa shape index (κ2) is 12.0. The molecule has 1 aliphatic carbocycles. The fourth-order valence-electron chi connectivity index (χ4n) is 3.40. The van der Waals surface area contributed by atoms with Gasteiger partial charge in [-0.25, -0.2) is 0 Å². The smallest absolute Gasteiger partial charge is 0.290 e. The van der Waals surface area contributed by atoms with Crippen LogP contribution in [0, 0.1) is 12.8 Å². The molecule has 0 radical (unpaired) electrons. The van der Waals surface area contributed by atoms with E-state index in [1.54, 1.807) is 6.07 Å². The van der Waals surface area contributed by atoms with Crippen molar-refractivity contribution in [3.63, 3.8) is 0 Å². The van der Waals surface area contributed by atoms with Gasteiger partial charge in [-0.05, 0) is 44.2 Å². The van der Waals surface area contributed by atoms with Gasteiger partial charge in [0.2, 0.25) is 11.8 Å². The van der Waals surface area contributed by atoms with Gasteiger partial charge < -0.3 is 20.3 Å². The van der Waals surface area contributed by atoms with Crippen molar-refractivity contribution in [3.8, 4) is 0 Å². The van der Waals surface area contributed by atoms with Crippen LogP contribution in [0.15, 0.2) is 34.9 Å². The van der Waals surface area contributed by atoms with E-state index in [-0.39, 0.29) is 36.7 Å². The van der Waals surface area contributed by atoms with Gasteiger partial charge in [-0.2, -0.15) is 0 Å². The van der Waals surface area contributed by atoms with E-state index in [9.17, 15) is 9.59 Å². The Morgan fingerprint density at radius 2 is 1.93 bits per heavy atom. The highest BCUT2D eigenvalue weighted by Gasteiger charge is 2.27. The first-order valence-corrected chi connectivity index (χ1v) is 10.1. The number of hydrogen-bond acceptors (Lipinski definition) is 5. The molecule has 2 amide bonds. The van der Waals surface area contributed by atoms with E-state index >= 15 is 0 Å². The SMILES string of the molecule is Cc1cc(CC(=O)NC2CCC(C(=O)NCc3ccccc3Cl)CC2)on1.O=CO. The van der Waals surface area contributed by atoms with Crippen LogP contribution in [0.25, 0.3) is 0 Å². The number of aromatic nitrogens is 1. The third-order valence-corrected chi connectivity index (χ3v) is 5.25. The molecule has 1 aromatic heterocycles. The topological polar surface area (TPSA) is 122 Å². The molecule has 1 aromatic carbocycles. The van der Waals surface area contributed by atoms with Crippen molar-refractivity contribution in [2.24, 2.45) is 5.92 Å². The summed E-state index contributed by atoms with van der Waals surface area (Å²) in [5.41, 5.74) is 1.68. The van der Waals surface area contributed by atoms with Crippen LogP contribution in [-0.4, -0.2) is 34.6 Å². The number of hydrogen-bond donors (Lipinski definition) is 3. The highest BCUT2D eigenvalue weighted by atomic mass is 35.5. The van der Waals surface area contributed by atoms with E-state index in [0.29, 0.717) is 17.3 Å². The lowest BCUT2D eigenvalue weighted by Gasteiger charge is -2.28. The lowest BCUT2D eigenvalue weighted by atomic mass is 9.85. The number of carbonyl (C=O) groups is 3. The second-order valence-electron chi connectivity index (χ2n) is 7.14. The van der Waals surface area contributed by atoms with Gasteiger partial charge in [0, 0.05) is 29.6 Å². The highest BCUT2D eigenvalue weighted by Crippen LogP contribution is 2.25. The van der Waals surface area contributed by atoms with Crippen molar-refractivity contribution in [1.82, 2.24) is 15.8 Å². The van der Waals surface area contributed by atoms with E-state index in [4.69, 9.17) is 26.0 Å². The molecular weight excluding hydrogens is 410 g/mol. The van der Waals surface area contributed by atoms with Gasteiger partial charge in [-0.1, -0.05) is 35.0 Å². The van der Waals surface area contributed by atoms with Crippen molar-refractivity contribution in [3.05, 3.63) is 52.4 Å². The maximum Gasteiger partial charge on any atom is 0.290 e. The maximum atomic E-state index is 12.4. The number of rotatable bonds is 6. The monoisotopic (exact) mass is 435 g/mol. The van der Waals surface area contributed by atoms with Crippen LogP contribution in [0.1, 0.15) is 42.7 Å². The zero-order valence-corrected chi connectivity index (χ0v) is 17.5. The first-order chi connectivity index (χ1) is 14.4. The van der Waals surface area contributed by atoms with Crippen molar-refractivity contribution in [2.75, 3.05) is 0 Å². The molecule has 1 aliphatic rings. The molecule has 0 aliphatic heterocycles. The lowest BCUT2D eigenvalue weighted by molar-refractivity contribution is -0.126. The standard InChI is InChI=1S/C20H24ClN3O3.CH2O2/c1-13-10-17(27-24-13)11-19(25)23-16-8-6-14(7-9-16)20(26)22-12-15-4-2-3-5-18(15)21;2-1-3/h2-5,10,14,16H,6-9,11-12H2,1H3,(H,22,26)(H,23,25);1H,(H,2,3). The molecule has 8 nitrogen and oxygen atoms in total. The van der Waals surface area contributed by atoms with Crippen molar-refractivity contribution in [1.29, 1.82) is 0 Å². The number of carbonyl (C=O) groups excluding carboxylic acids is 2. The molecule has 0 bridgehead atoms. The number of nitrogens with zero attached hydrogens (tertiary/aromatic N) is 1. The number of amides is 2. The van der Waals surface area contributed by atoms with Gasteiger partial charge in [0.05, 0.1) is 12.1 Å². The van der Waals surface area contributed by atoms with Gasteiger partial charge in [-0.15, -0.1) is 0 Å². The first kappa shape index (κ1) is 23.4. The Hall–Kier alpha value is -2.87. The molecule has 30 heavy (non-hydrogen) atoms. The van der Waals surface area contributed by atoms with Crippen LogP contribution in [0.2, 0.25) is 5.02 Å². The largest absolute Gasteiger partial charge is 0.483 e. The minimum Gasteiger partial charge on any atom is -0.483 e. The molecule has 2 aromatic rings. The average molecular weight is 436 g/mol. The molecule has 9 heteroatoms. The Balaban J connectivity index is 0.00000101. The predicted molar refractivity (Wildman–Crippen MR) is 111 cm³/mol. The second-order valence-corrected chi connectivity index (χ2v) is 7.55. The van der Waals surface area contributed by atoms with E-state index in [0.717, 1.165) is 36.9 Å². The molecule has 0 spiro atoms. The van der Waals surface area contributed by atoms with Gasteiger partial charge in [0.15, 0.2) is 0 Å². The lowest BCUT2D eigenvalue weighted by Crippen LogP contribution is -2.41. The van der Waals surface area contributed by atoms with Crippen molar-refractivity contribution >= 4 is 29.9 Å². The predicted octanol–water partition coefficient (Wildman–Crippen LogP) is 2.87. The van der Waals surface area contributed by atoms with Crippen LogP contribution in [0.3, 0.4) is 0 Å². The fraction of sp³-hybridized carbons (Fsp3) is 0.429. The summed E-state index contributed by atoms with van der Waals surface area (Å²) in [7, 11) is 0. The number of carboxylic acid groups (broad SMARTS) is 1. The van der Waals surface area contributed by atoms with E-state index < -0.39 is 0 Å². The van der Waals surface area contributed by atoms with Crippen LogP contribution < -0.4 is 10.6 Å². The first-order valence-electron chi connectivity index (χ1n) is 9.73. The molecule has 3 rings (SSSR count). The van der Waals surface area contributed by atoms with Gasteiger partial charge in [0.25, 0.3) is 6.47 Å². The van der Waals surface area contributed by atoms with E-state index in [2.05, 4.69) is 15.8 Å². The zero-order valence-electron chi connectivity index (χ0n) is 16.8. The van der Waals surface area contributed by atoms with Crippen LogP contribution in [-0.2, 0) is 27.3 Å². The van der Waals surface area contributed by atoms with E-state index in [1.165, 1.54) is 0 Å². The van der Waals surface area contributed by atoms with Crippen LogP contribution in [0.5, 0.6) is 0 Å². The molecule has 0 atom stereocenters. The Bertz CT molecular complexity index is 847. The summed E-state index contributed by atoms with van der Waals surface area (Å²) < 4.78 is 5.07. The molecule has 0 saturated heterocycles. The fourth-order valence-corrected chi connectivity index (χ4v) is 3.61. The number of aryl methyl sites for hydroxylation is 1. The summed E-state index contributed by atoms with van der Waals surface area (Å²) in [5.74, 6) is 0.532. The minimum atomic E-state index is -0.250. The summed E-state index contributed by atoms with van der Waals surface area (Å²) in [4.78, 5) is 32.9. The summed E-state index contributed by atoms with van der Waals surface area (Å²) in [6.45, 7) is 2.01. The number of benzene rings is 1. The molecule has 0 unspecified atom stereocenters. The number of halogens is 1. The molecule has 3 N–H and O–H groups in total. The zero-order chi connectivity index (χ0) is 21.9. The molecule has 1 saturated carbocycles. The average Bonchev–Trinajstić information content (AvgIpc) is 3.12. The third-order valence-electron chi connectivity index (χ3n) is 4.89. The quantitative estimate of drug-likeness (QED) is 0.600. The van der Waals surface area contributed by atoms with Crippen LogP contribution in [0.4, 0.5) is 0 Å². The van der Waals surface area contributed by atoms with E-state index in [1.807, 2.05) is 31.2 Å². The third kappa shape index (κ3) is 7.51. The molecular formula is C21H26ClN3O5. The van der Waals surface area contributed by atoms with Crippen molar-refractivity contribution < 1.29 is 24.0 Å². The molecule has 1 heterocycles. The van der Waals surface area contributed by atoms with Gasteiger partial charge in [0.1, 0.15) is 5.76 Å². The van der Waals surface area contributed by atoms with Crippen LogP contribution >= 0.6 is 11.6 Å². The number of nitrogens with one attached hydrogen (secondary N) is 2. The summed E-state index contributed by atoms with van der Waals surface area (Å²) in [5, 5.41) is 17.3. The molecule has 162 valence electrons.